The molecule has 102 valence electrons. The van der Waals surface area contributed by atoms with Gasteiger partial charge in [-0.3, -0.25) is 4.79 Å². The topological polar surface area (TPSA) is 68.3 Å². The Morgan fingerprint density at radius 1 is 1.15 bits per heavy atom. The summed E-state index contributed by atoms with van der Waals surface area (Å²) in [4.78, 5) is 26.9. The molecule has 0 atom stereocenters. The number of esters is 1. The second kappa shape index (κ2) is 5.92. The van der Waals surface area contributed by atoms with Crippen molar-refractivity contribution in [2.24, 2.45) is 0 Å². The number of nitrogens with one attached hydrogen (secondary N) is 1. The zero-order valence-electron chi connectivity index (χ0n) is 10.6. The lowest BCUT2D eigenvalue weighted by Gasteiger charge is -2.09. The lowest BCUT2D eigenvalue weighted by atomic mass is 10.1. The number of para-hydroxylation sites is 1. The SMILES string of the molecule is COC(=O)c1ccccc1NC(=O)c1cccnc1F. The van der Waals surface area contributed by atoms with Crippen LogP contribution >= 0.6 is 0 Å². The maximum Gasteiger partial charge on any atom is 0.339 e. The molecule has 20 heavy (non-hydrogen) atoms. The predicted molar refractivity (Wildman–Crippen MR) is 69.9 cm³/mol. The number of aromatic nitrogens is 1. The van der Waals surface area contributed by atoms with Gasteiger partial charge in [0.1, 0.15) is 0 Å². The number of ether oxygens (including phenoxy) is 1. The van der Waals surface area contributed by atoms with Gasteiger partial charge in [-0.25, -0.2) is 9.78 Å². The molecule has 0 saturated heterocycles. The van der Waals surface area contributed by atoms with Gasteiger partial charge < -0.3 is 10.1 Å². The minimum Gasteiger partial charge on any atom is -0.465 e. The molecule has 1 aromatic heterocycles. The zero-order chi connectivity index (χ0) is 14.5. The molecular weight excluding hydrogens is 263 g/mol. The molecule has 0 bridgehead atoms. The first-order chi connectivity index (χ1) is 9.63. The molecule has 1 amide bonds. The van der Waals surface area contributed by atoms with E-state index in [1.54, 1.807) is 12.1 Å². The van der Waals surface area contributed by atoms with E-state index >= 15 is 0 Å². The Balaban J connectivity index is 2.29. The van der Waals surface area contributed by atoms with Gasteiger partial charge in [-0.15, -0.1) is 0 Å². The number of benzene rings is 1. The summed E-state index contributed by atoms with van der Waals surface area (Å²) < 4.78 is 18.0. The monoisotopic (exact) mass is 274 g/mol. The van der Waals surface area contributed by atoms with Crippen molar-refractivity contribution < 1.29 is 18.7 Å². The van der Waals surface area contributed by atoms with Crippen molar-refractivity contribution in [1.82, 2.24) is 4.98 Å². The van der Waals surface area contributed by atoms with Crippen molar-refractivity contribution in [2.45, 2.75) is 0 Å². The van der Waals surface area contributed by atoms with E-state index in [0.29, 0.717) is 0 Å². The lowest BCUT2D eigenvalue weighted by Crippen LogP contribution is -2.17. The first-order valence-corrected chi connectivity index (χ1v) is 5.72. The van der Waals surface area contributed by atoms with E-state index in [2.05, 4.69) is 15.0 Å². The number of methoxy groups -OCH3 is 1. The first-order valence-electron chi connectivity index (χ1n) is 5.72. The van der Waals surface area contributed by atoms with E-state index in [1.165, 1.54) is 37.6 Å². The van der Waals surface area contributed by atoms with Gasteiger partial charge in [-0.1, -0.05) is 12.1 Å². The first kappa shape index (κ1) is 13.7. The summed E-state index contributed by atoms with van der Waals surface area (Å²) in [5, 5.41) is 2.46. The number of pyridine rings is 1. The van der Waals surface area contributed by atoms with Crippen LogP contribution in [0.4, 0.5) is 10.1 Å². The molecule has 0 aliphatic heterocycles. The van der Waals surface area contributed by atoms with Crippen LogP contribution in [0.1, 0.15) is 20.7 Å². The summed E-state index contributed by atoms with van der Waals surface area (Å²) in [7, 11) is 1.24. The highest BCUT2D eigenvalue weighted by Crippen LogP contribution is 2.17. The van der Waals surface area contributed by atoms with Crippen molar-refractivity contribution in [3.8, 4) is 0 Å². The quantitative estimate of drug-likeness (QED) is 0.688. The molecule has 0 radical (unpaired) electrons. The summed E-state index contributed by atoms with van der Waals surface area (Å²) in [5.41, 5.74) is 0.229. The van der Waals surface area contributed by atoms with Crippen molar-refractivity contribution in [2.75, 3.05) is 12.4 Å². The van der Waals surface area contributed by atoms with Crippen molar-refractivity contribution >= 4 is 17.6 Å². The molecule has 6 heteroatoms. The Bertz CT molecular complexity index is 658. The van der Waals surface area contributed by atoms with Gasteiger partial charge in [0.05, 0.1) is 23.9 Å². The van der Waals surface area contributed by atoms with Crippen LogP contribution < -0.4 is 5.32 Å². The number of hydrogen-bond acceptors (Lipinski definition) is 4. The second-order valence-electron chi connectivity index (χ2n) is 3.83. The van der Waals surface area contributed by atoms with Crippen LogP contribution in [0.5, 0.6) is 0 Å². The Morgan fingerprint density at radius 2 is 1.85 bits per heavy atom. The van der Waals surface area contributed by atoms with Gasteiger partial charge in [0.2, 0.25) is 5.95 Å². The standard InChI is InChI=1S/C14H11FN2O3/c1-20-14(19)9-5-2-3-7-11(9)17-13(18)10-6-4-8-16-12(10)15/h2-8H,1H3,(H,17,18). The summed E-state index contributed by atoms with van der Waals surface area (Å²) >= 11 is 0. The Labute approximate surface area is 114 Å². The number of nitrogens with zero attached hydrogens (tertiary/aromatic N) is 1. The molecule has 1 aromatic carbocycles. The van der Waals surface area contributed by atoms with Crippen LogP contribution in [0.3, 0.4) is 0 Å². The fraction of sp³-hybridized carbons (Fsp3) is 0.0714. The van der Waals surface area contributed by atoms with Crippen LogP contribution in [0, 0.1) is 5.95 Å². The lowest BCUT2D eigenvalue weighted by molar-refractivity contribution is 0.0602. The highest BCUT2D eigenvalue weighted by molar-refractivity contribution is 6.07. The van der Waals surface area contributed by atoms with Gasteiger partial charge in [-0.05, 0) is 24.3 Å². The summed E-state index contributed by atoms with van der Waals surface area (Å²) in [6, 6.07) is 9.05. The fourth-order valence-electron chi connectivity index (χ4n) is 1.63. The third-order valence-electron chi connectivity index (χ3n) is 2.58. The highest BCUT2D eigenvalue weighted by Gasteiger charge is 2.16. The Hall–Kier alpha value is -2.76. The average molecular weight is 274 g/mol. The normalized spacial score (nSPS) is 9.90. The summed E-state index contributed by atoms with van der Waals surface area (Å²) in [6.07, 6.45) is 1.24. The molecule has 0 aliphatic carbocycles. The largest absolute Gasteiger partial charge is 0.465 e. The number of carbonyl (C=O) groups is 2. The molecule has 0 aliphatic rings. The second-order valence-corrected chi connectivity index (χ2v) is 3.83. The molecule has 5 nitrogen and oxygen atoms in total. The Kier molecular flexibility index (Phi) is 4.05. The number of hydrogen-bond donors (Lipinski definition) is 1. The maximum absolute atomic E-state index is 13.4. The molecule has 2 aromatic rings. The van der Waals surface area contributed by atoms with E-state index in [4.69, 9.17) is 0 Å². The number of carbonyl (C=O) groups excluding carboxylic acids is 2. The number of halogens is 1. The molecule has 1 heterocycles. The van der Waals surface area contributed by atoms with Crippen LogP contribution in [0.2, 0.25) is 0 Å². The Morgan fingerprint density at radius 3 is 2.55 bits per heavy atom. The minimum absolute atomic E-state index is 0.188. The third kappa shape index (κ3) is 2.80. The van der Waals surface area contributed by atoms with Crippen molar-refractivity contribution in [1.29, 1.82) is 0 Å². The third-order valence-corrected chi connectivity index (χ3v) is 2.58. The fourth-order valence-corrected chi connectivity index (χ4v) is 1.63. The predicted octanol–water partition coefficient (Wildman–Crippen LogP) is 2.26. The van der Waals surface area contributed by atoms with Crippen LogP contribution in [0.15, 0.2) is 42.6 Å². The van der Waals surface area contributed by atoms with E-state index < -0.39 is 17.8 Å². The maximum atomic E-state index is 13.4. The van der Waals surface area contributed by atoms with E-state index in [1.807, 2.05) is 0 Å². The number of amides is 1. The van der Waals surface area contributed by atoms with Crippen molar-refractivity contribution in [3.05, 3.63) is 59.7 Å². The minimum atomic E-state index is -0.874. The van der Waals surface area contributed by atoms with E-state index in [0.717, 1.165) is 0 Å². The van der Waals surface area contributed by atoms with E-state index in [-0.39, 0.29) is 16.8 Å². The molecule has 2 rings (SSSR count). The van der Waals surface area contributed by atoms with Crippen molar-refractivity contribution in [3.63, 3.8) is 0 Å². The van der Waals surface area contributed by atoms with Gasteiger partial charge in [-0.2, -0.15) is 4.39 Å². The highest BCUT2D eigenvalue weighted by atomic mass is 19.1. The van der Waals surface area contributed by atoms with Gasteiger partial charge in [0, 0.05) is 6.20 Å². The molecular formula is C14H11FN2O3. The summed E-state index contributed by atoms with van der Waals surface area (Å²) in [6.45, 7) is 0. The van der Waals surface area contributed by atoms with Gasteiger partial charge in [0.15, 0.2) is 0 Å². The summed E-state index contributed by atoms with van der Waals surface area (Å²) in [5.74, 6) is -2.15. The van der Waals surface area contributed by atoms with Crippen LogP contribution in [0.25, 0.3) is 0 Å². The molecule has 0 unspecified atom stereocenters. The smallest absolute Gasteiger partial charge is 0.339 e. The van der Waals surface area contributed by atoms with Crippen LogP contribution in [-0.2, 0) is 4.74 Å². The van der Waals surface area contributed by atoms with Gasteiger partial charge >= 0.3 is 5.97 Å². The molecule has 0 fully saturated rings. The van der Waals surface area contributed by atoms with Gasteiger partial charge in [0.25, 0.3) is 5.91 Å². The molecule has 0 spiro atoms. The number of anilines is 1. The molecule has 1 N–H and O–H groups in total. The van der Waals surface area contributed by atoms with E-state index in [9.17, 15) is 14.0 Å². The van der Waals surface area contributed by atoms with Crippen LogP contribution in [-0.4, -0.2) is 24.0 Å². The average Bonchev–Trinajstić information content (AvgIpc) is 2.47. The number of rotatable bonds is 3. The molecule has 0 saturated carbocycles. The zero-order valence-corrected chi connectivity index (χ0v) is 10.6.